The number of hydrogen-bond acceptors (Lipinski definition) is 5. The van der Waals surface area contributed by atoms with Crippen LogP contribution in [0.4, 0.5) is 11.5 Å². The van der Waals surface area contributed by atoms with Crippen molar-refractivity contribution in [1.29, 1.82) is 0 Å². The second-order valence-corrected chi connectivity index (χ2v) is 5.73. The van der Waals surface area contributed by atoms with Crippen LogP contribution in [0.15, 0.2) is 42.7 Å². The summed E-state index contributed by atoms with van der Waals surface area (Å²) in [6.45, 7) is 5.71. The predicted molar refractivity (Wildman–Crippen MR) is 88.6 cm³/mol. The van der Waals surface area contributed by atoms with Gasteiger partial charge in [-0.05, 0) is 38.1 Å². The fraction of sp³-hybridized carbons (Fsp3) is 0.353. The summed E-state index contributed by atoms with van der Waals surface area (Å²) in [6.07, 6.45) is 3.62. The normalized spacial score (nSPS) is 21.0. The van der Waals surface area contributed by atoms with Crippen LogP contribution in [0.25, 0.3) is 0 Å². The molecule has 0 spiro atoms. The van der Waals surface area contributed by atoms with Crippen molar-refractivity contribution in [3.05, 3.63) is 48.4 Å². The highest BCUT2D eigenvalue weighted by Crippen LogP contribution is 2.20. The topological polar surface area (TPSA) is 67.4 Å². The van der Waals surface area contributed by atoms with Crippen molar-refractivity contribution < 1.29 is 9.53 Å². The number of rotatable bonds is 3. The summed E-state index contributed by atoms with van der Waals surface area (Å²) in [5.41, 5.74) is 1.35. The first-order chi connectivity index (χ1) is 11.1. The Kier molecular flexibility index (Phi) is 4.52. The van der Waals surface area contributed by atoms with Crippen molar-refractivity contribution in [2.45, 2.75) is 26.1 Å². The van der Waals surface area contributed by atoms with E-state index in [1.54, 1.807) is 24.5 Å². The zero-order valence-electron chi connectivity index (χ0n) is 13.3. The lowest BCUT2D eigenvalue weighted by atomic mass is 10.2. The highest BCUT2D eigenvalue weighted by atomic mass is 16.5. The standard InChI is InChI=1S/C17H20N4O2/c1-12-10-21(11-13(2)23-12)14-6-8-18-15(9-14)17(22)20-16-5-3-4-7-19-16/h3-9,12-13H,10-11H2,1-2H3,(H,19,20,22). The SMILES string of the molecule is CC1CN(c2ccnc(C(=O)Nc3ccccn3)c2)CC(C)O1. The summed E-state index contributed by atoms with van der Waals surface area (Å²) in [4.78, 5) is 22.8. The number of morpholine rings is 1. The molecular weight excluding hydrogens is 292 g/mol. The van der Waals surface area contributed by atoms with Crippen LogP contribution in [0.3, 0.4) is 0 Å². The number of carbonyl (C=O) groups is 1. The predicted octanol–water partition coefficient (Wildman–Crippen LogP) is 2.34. The number of nitrogens with zero attached hydrogens (tertiary/aromatic N) is 3. The van der Waals surface area contributed by atoms with Crippen LogP contribution in [0.1, 0.15) is 24.3 Å². The molecule has 0 aromatic carbocycles. The molecule has 6 nitrogen and oxygen atoms in total. The first-order valence-corrected chi connectivity index (χ1v) is 7.70. The monoisotopic (exact) mass is 312 g/mol. The van der Waals surface area contributed by atoms with Crippen molar-refractivity contribution in [2.24, 2.45) is 0 Å². The van der Waals surface area contributed by atoms with Gasteiger partial charge in [0.05, 0.1) is 12.2 Å². The number of amides is 1. The Morgan fingerprint density at radius 1 is 1.17 bits per heavy atom. The third kappa shape index (κ3) is 3.84. The summed E-state index contributed by atoms with van der Waals surface area (Å²) in [5, 5.41) is 2.75. The highest BCUT2D eigenvalue weighted by Gasteiger charge is 2.23. The number of anilines is 2. The third-order valence-corrected chi connectivity index (χ3v) is 3.67. The van der Waals surface area contributed by atoms with Gasteiger partial charge in [-0.3, -0.25) is 9.78 Å². The van der Waals surface area contributed by atoms with E-state index in [0.717, 1.165) is 18.8 Å². The second-order valence-electron chi connectivity index (χ2n) is 5.73. The van der Waals surface area contributed by atoms with Gasteiger partial charge in [0.15, 0.2) is 0 Å². The number of hydrogen-bond donors (Lipinski definition) is 1. The summed E-state index contributed by atoms with van der Waals surface area (Å²) in [5.74, 6) is 0.248. The Balaban J connectivity index is 1.75. The zero-order valence-corrected chi connectivity index (χ0v) is 13.3. The minimum Gasteiger partial charge on any atom is -0.372 e. The van der Waals surface area contributed by atoms with E-state index in [1.807, 2.05) is 18.2 Å². The molecule has 0 aliphatic carbocycles. The Morgan fingerprint density at radius 3 is 2.65 bits per heavy atom. The smallest absolute Gasteiger partial charge is 0.275 e. The number of aromatic nitrogens is 2. The molecule has 1 aliphatic rings. The molecule has 0 bridgehead atoms. The number of nitrogens with one attached hydrogen (secondary N) is 1. The van der Waals surface area contributed by atoms with Gasteiger partial charge in [0.1, 0.15) is 11.5 Å². The molecule has 3 rings (SSSR count). The fourth-order valence-corrected chi connectivity index (χ4v) is 2.75. The second kappa shape index (κ2) is 6.75. The van der Waals surface area contributed by atoms with E-state index in [4.69, 9.17) is 4.74 Å². The van der Waals surface area contributed by atoms with E-state index < -0.39 is 0 Å². The number of ether oxygens (including phenoxy) is 1. The van der Waals surface area contributed by atoms with Gasteiger partial charge in [-0.1, -0.05) is 6.07 Å². The van der Waals surface area contributed by atoms with Crippen LogP contribution in [0.5, 0.6) is 0 Å². The van der Waals surface area contributed by atoms with Crippen molar-refractivity contribution in [2.75, 3.05) is 23.3 Å². The molecule has 1 aliphatic heterocycles. The van der Waals surface area contributed by atoms with Gasteiger partial charge >= 0.3 is 0 Å². The Labute approximate surface area is 135 Å². The quantitative estimate of drug-likeness (QED) is 0.942. The molecule has 1 fully saturated rings. The lowest BCUT2D eigenvalue weighted by Gasteiger charge is -2.36. The number of pyridine rings is 2. The van der Waals surface area contributed by atoms with Crippen LogP contribution < -0.4 is 10.2 Å². The maximum Gasteiger partial charge on any atom is 0.275 e. The van der Waals surface area contributed by atoms with Gasteiger partial charge < -0.3 is 15.0 Å². The van der Waals surface area contributed by atoms with E-state index in [1.165, 1.54) is 0 Å². The summed E-state index contributed by atoms with van der Waals surface area (Å²) >= 11 is 0. The summed E-state index contributed by atoms with van der Waals surface area (Å²) in [7, 11) is 0. The van der Waals surface area contributed by atoms with E-state index in [0.29, 0.717) is 11.5 Å². The average molecular weight is 312 g/mol. The zero-order chi connectivity index (χ0) is 16.2. The molecule has 0 saturated carbocycles. The van der Waals surface area contributed by atoms with Gasteiger partial charge in [-0.25, -0.2) is 4.98 Å². The maximum absolute atomic E-state index is 12.3. The van der Waals surface area contributed by atoms with Crippen LogP contribution in [-0.2, 0) is 4.74 Å². The van der Waals surface area contributed by atoms with Gasteiger partial charge in [0.2, 0.25) is 0 Å². The molecule has 6 heteroatoms. The van der Waals surface area contributed by atoms with Crippen LogP contribution in [-0.4, -0.2) is 41.2 Å². The average Bonchev–Trinajstić information content (AvgIpc) is 2.55. The highest BCUT2D eigenvalue weighted by molar-refractivity contribution is 6.02. The lowest BCUT2D eigenvalue weighted by molar-refractivity contribution is -0.00522. The molecule has 2 unspecified atom stereocenters. The van der Waals surface area contributed by atoms with E-state index in [9.17, 15) is 4.79 Å². The van der Waals surface area contributed by atoms with Crippen molar-refractivity contribution in [3.63, 3.8) is 0 Å². The Morgan fingerprint density at radius 2 is 1.96 bits per heavy atom. The molecule has 2 atom stereocenters. The van der Waals surface area contributed by atoms with Gasteiger partial charge in [-0.2, -0.15) is 0 Å². The largest absolute Gasteiger partial charge is 0.372 e. The van der Waals surface area contributed by atoms with E-state index in [-0.39, 0.29) is 18.1 Å². The van der Waals surface area contributed by atoms with Crippen LogP contribution in [0, 0.1) is 0 Å². The van der Waals surface area contributed by atoms with Crippen LogP contribution >= 0.6 is 0 Å². The van der Waals surface area contributed by atoms with E-state index in [2.05, 4.69) is 34.0 Å². The molecule has 120 valence electrons. The molecule has 1 saturated heterocycles. The minimum absolute atomic E-state index is 0.165. The molecule has 1 N–H and O–H groups in total. The van der Waals surface area contributed by atoms with Crippen molar-refractivity contribution >= 4 is 17.4 Å². The molecule has 23 heavy (non-hydrogen) atoms. The Bertz CT molecular complexity index is 667. The summed E-state index contributed by atoms with van der Waals surface area (Å²) in [6, 6.07) is 9.09. The van der Waals surface area contributed by atoms with Gasteiger partial charge in [0, 0.05) is 31.2 Å². The van der Waals surface area contributed by atoms with Crippen LogP contribution in [0.2, 0.25) is 0 Å². The lowest BCUT2D eigenvalue weighted by Crippen LogP contribution is -2.45. The molecular formula is C17H20N4O2. The van der Waals surface area contributed by atoms with Gasteiger partial charge in [-0.15, -0.1) is 0 Å². The van der Waals surface area contributed by atoms with Gasteiger partial charge in [0.25, 0.3) is 5.91 Å². The molecule has 3 heterocycles. The fourth-order valence-electron chi connectivity index (χ4n) is 2.75. The first kappa shape index (κ1) is 15.4. The minimum atomic E-state index is -0.264. The van der Waals surface area contributed by atoms with Crippen molar-refractivity contribution in [1.82, 2.24) is 9.97 Å². The molecule has 1 amide bonds. The Hall–Kier alpha value is -2.47. The third-order valence-electron chi connectivity index (χ3n) is 3.67. The van der Waals surface area contributed by atoms with Crippen molar-refractivity contribution in [3.8, 4) is 0 Å². The number of carbonyl (C=O) groups excluding carboxylic acids is 1. The van der Waals surface area contributed by atoms with E-state index >= 15 is 0 Å². The summed E-state index contributed by atoms with van der Waals surface area (Å²) < 4.78 is 5.75. The molecule has 2 aromatic heterocycles. The first-order valence-electron chi connectivity index (χ1n) is 7.70. The maximum atomic E-state index is 12.3. The molecule has 2 aromatic rings. The molecule has 0 radical (unpaired) electrons.